The Kier molecular flexibility index (Phi) is 5.50. The van der Waals surface area contributed by atoms with Crippen molar-refractivity contribution in [2.45, 2.75) is 67.0 Å². The predicted molar refractivity (Wildman–Crippen MR) is 117 cm³/mol. The van der Waals surface area contributed by atoms with Gasteiger partial charge in [0.15, 0.2) is 15.9 Å². The molecule has 1 aromatic heterocycles. The molecule has 0 radical (unpaired) electrons. The monoisotopic (exact) mass is 549 g/mol. The summed E-state index contributed by atoms with van der Waals surface area (Å²) in [6, 6.07) is 3.41. The zero-order valence-corrected chi connectivity index (χ0v) is 20.9. The molecular formula is C23H24F5N3O5S. The second-order valence-electron chi connectivity index (χ2n) is 10.4. The molecule has 2 aromatic rings. The number of halogens is 5. The summed E-state index contributed by atoms with van der Waals surface area (Å²) >= 11 is 0. The van der Waals surface area contributed by atoms with Gasteiger partial charge in [-0.15, -0.1) is 10.2 Å². The number of sulfone groups is 1. The molecule has 37 heavy (non-hydrogen) atoms. The summed E-state index contributed by atoms with van der Waals surface area (Å²) in [5.41, 5.74) is -3.14. The number of amides is 1. The number of aromatic nitrogens is 2. The number of hydrogen-bond donors (Lipinski definition) is 0. The lowest BCUT2D eigenvalue weighted by Gasteiger charge is -2.25. The molecule has 3 aliphatic rings. The van der Waals surface area contributed by atoms with E-state index in [1.165, 1.54) is 11.0 Å². The second-order valence-corrected chi connectivity index (χ2v) is 12.4. The minimum absolute atomic E-state index is 0.0268. The van der Waals surface area contributed by atoms with Gasteiger partial charge in [-0.05, 0) is 50.3 Å². The van der Waals surface area contributed by atoms with Crippen molar-refractivity contribution in [1.29, 1.82) is 0 Å². The summed E-state index contributed by atoms with van der Waals surface area (Å²) in [5.74, 6) is -4.70. The molecule has 8 nitrogen and oxygen atoms in total. The van der Waals surface area contributed by atoms with Crippen LogP contribution < -0.4 is 4.74 Å². The minimum Gasteiger partial charge on any atom is -0.484 e. The number of piperidine rings is 1. The van der Waals surface area contributed by atoms with Crippen LogP contribution in [0.4, 0.5) is 22.0 Å². The molecule has 2 saturated carbocycles. The maximum Gasteiger partial charge on any atom is 0.403 e. The van der Waals surface area contributed by atoms with E-state index in [-0.39, 0.29) is 53.9 Å². The van der Waals surface area contributed by atoms with Crippen molar-refractivity contribution in [1.82, 2.24) is 15.1 Å². The van der Waals surface area contributed by atoms with Crippen LogP contribution in [0.3, 0.4) is 0 Å². The Morgan fingerprint density at radius 3 is 2.41 bits per heavy atom. The van der Waals surface area contributed by atoms with Gasteiger partial charge in [-0.1, -0.05) is 0 Å². The molecule has 2 aliphatic carbocycles. The van der Waals surface area contributed by atoms with Crippen LogP contribution in [0.15, 0.2) is 27.5 Å². The van der Waals surface area contributed by atoms with Crippen molar-refractivity contribution in [3.05, 3.63) is 35.5 Å². The van der Waals surface area contributed by atoms with E-state index < -0.39 is 50.7 Å². The van der Waals surface area contributed by atoms with E-state index in [0.717, 1.165) is 25.3 Å². The predicted octanol–water partition coefficient (Wildman–Crippen LogP) is 3.90. The number of benzene rings is 1. The topological polar surface area (TPSA) is 103 Å². The molecule has 1 aliphatic heterocycles. The minimum atomic E-state index is -4.51. The molecule has 202 valence electrons. The lowest BCUT2D eigenvalue weighted by molar-refractivity contribution is -0.165. The molecule has 0 N–H and O–H groups in total. The number of hydrogen-bond acceptors (Lipinski definition) is 7. The molecule has 5 rings (SSSR count). The fourth-order valence-corrected chi connectivity index (χ4v) is 5.45. The van der Waals surface area contributed by atoms with Crippen molar-refractivity contribution in [2.75, 3.05) is 19.3 Å². The lowest BCUT2D eigenvalue weighted by atomic mass is 10.1. The fraction of sp³-hybridized carbons (Fsp3) is 0.609. The first-order chi connectivity index (χ1) is 17.0. The smallest absolute Gasteiger partial charge is 0.403 e. The van der Waals surface area contributed by atoms with Gasteiger partial charge in [-0.2, -0.15) is 13.2 Å². The van der Waals surface area contributed by atoms with Gasteiger partial charge in [0.25, 0.3) is 11.8 Å². The zero-order valence-electron chi connectivity index (χ0n) is 20.1. The standard InChI is InChI=1S/C23H24F5N3O5S/c1-12(20(2,24)25)35-16-5-4-14(37(3,33)34)8-15(16)17(32)31-10-13-9-21(13,11-31)18-29-30-19(36-18)22(6-7-22)23(26,27)28/h4-5,8,12-13H,6-7,9-11H2,1-3H3/t12-,13?,21?/m0/s1. The van der Waals surface area contributed by atoms with Gasteiger partial charge in [-0.3, -0.25) is 4.79 Å². The number of carbonyl (C=O) groups is 1. The van der Waals surface area contributed by atoms with Crippen LogP contribution in [0.5, 0.6) is 5.75 Å². The van der Waals surface area contributed by atoms with E-state index in [4.69, 9.17) is 9.15 Å². The van der Waals surface area contributed by atoms with Crippen LogP contribution in [-0.4, -0.2) is 67.0 Å². The lowest BCUT2D eigenvalue weighted by Crippen LogP contribution is -2.35. The van der Waals surface area contributed by atoms with Gasteiger partial charge in [0.2, 0.25) is 11.8 Å². The third-order valence-corrected chi connectivity index (χ3v) is 8.72. The van der Waals surface area contributed by atoms with Crippen molar-refractivity contribution in [3.8, 4) is 5.75 Å². The molecule has 0 bridgehead atoms. The van der Waals surface area contributed by atoms with E-state index in [1.54, 1.807) is 0 Å². The van der Waals surface area contributed by atoms with Crippen LogP contribution in [0, 0.1) is 5.92 Å². The largest absolute Gasteiger partial charge is 0.484 e. The highest BCUT2D eigenvalue weighted by Crippen LogP contribution is 2.62. The first-order valence-electron chi connectivity index (χ1n) is 11.6. The van der Waals surface area contributed by atoms with Crippen LogP contribution in [0.25, 0.3) is 0 Å². The van der Waals surface area contributed by atoms with Gasteiger partial charge in [0.05, 0.1) is 15.9 Å². The van der Waals surface area contributed by atoms with E-state index in [1.807, 2.05) is 0 Å². The molecular weight excluding hydrogens is 525 g/mol. The Balaban J connectivity index is 1.41. The van der Waals surface area contributed by atoms with Gasteiger partial charge < -0.3 is 14.1 Å². The number of rotatable bonds is 7. The van der Waals surface area contributed by atoms with E-state index >= 15 is 0 Å². The zero-order chi connectivity index (χ0) is 27.2. The van der Waals surface area contributed by atoms with Gasteiger partial charge in [0, 0.05) is 26.3 Å². The van der Waals surface area contributed by atoms with Gasteiger partial charge in [0.1, 0.15) is 11.2 Å². The van der Waals surface area contributed by atoms with Crippen molar-refractivity contribution < 1.29 is 44.3 Å². The average Bonchev–Trinajstić information content (AvgIpc) is 3.63. The summed E-state index contributed by atoms with van der Waals surface area (Å²) in [5, 5.41) is 7.56. The van der Waals surface area contributed by atoms with Crippen molar-refractivity contribution >= 4 is 15.7 Å². The van der Waals surface area contributed by atoms with Gasteiger partial charge >= 0.3 is 6.18 Å². The first kappa shape index (κ1) is 25.9. The van der Waals surface area contributed by atoms with E-state index in [9.17, 15) is 35.2 Å². The highest BCUT2D eigenvalue weighted by Gasteiger charge is 2.70. The van der Waals surface area contributed by atoms with Crippen molar-refractivity contribution in [2.24, 2.45) is 5.92 Å². The van der Waals surface area contributed by atoms with Gasteiger partial charge in [-0.25, -0.2) is 17.2 Å². The summed E-state index contributed by atoms with van der Waals surface area (Å²) in [6.45, 7) is 2.02. The number of likely N-dealkylation sites (tertiary alicyclic amines) is 1. The highest BCUT2D eigenvalue weighted by molar-refractivity contribution is 7.90. The fourth-order valence-electron chi connectivity index (χ4n) is 4.80. The number of carbonyl (C=O) groups excluding carboxylic acids is 1. The number of ether oxygens (including phenoxy) is 1. The number of fused-ring (bicyclic) bond motifs is 1. The average molecular weight is 550 g/mol. The Morgan fingerprint density at radius 2 is 1.84 bits per heavy atom. The van der Waals surface area contributed by atoms with Crippen LogP contribution >= 0.6 is 0 Å². The molecule has 2 unspecified atom stereocenters. The molecule has 1 amide bonds. The Labute approximate surface area is 209 Å². The summed E-state index contributed by atoms with van der Waals surface area (Å²) < 4.78 is 103. The third kappa shape index (κ3) is 4.26. The van der Waals surface area contributed by atoms with Crippen LogP contribution in [0.1, 0.15) is 55.2 Å². The highest BCUT2D eigenvalue weighted by atomic mass is 32.2. The molecule has 1 aromatic carbocycles. The first-order valence-corrected chi connectivity index (χ1v) is 13.5. The normalized spacial score (nSPS) is 25.5. The summed E-state index contributed by atoms with van der Waals surface area (Å²) in [4.78, 5) is 14.7. The number of nitrogens with zero attached hydrogens (tertiary/aromatic N) is 3. The maximum absolute atomic E-state index is 13.8. The maximum atomic E-state index is 13.8. The molecule has 14 heteroatoms. The van der Waals surface area contributed by atoms with Crippen molar-refractivity contribution in [3.63, 3.8) is 0 Å². The SMILES string of the molecule is C[C@H](Oc1ccc(S(C)(=O)=O)cc1C(=O)N1CC2CC2(c2nnc(C3(C(F)(F)F)CC3)o2)C1)C(C)(F)F. The summed E-state index contributed by atoms with van der Waals surface area (Å²) in [7, 11) is -3.73. The Bertz CT molecular complexity index is 1370. The van der Waals surface area contributed by atoms with Crippen LogP contribution in [0.2, 0.25) is 0 Å². The summed E-state index contributed by atoms with van der Waals surface area (Å²) in [6.07, 6.45) is -4.91. The molecule has 2 heterocycles. The molecule has 1 saturated heterocycles. The molecule has 0 spiro atoms. The van der Waals surface area contributed by atoms with E-state index in [0.29, 0.717) is 13.3 Å². The third-order valence-electron chi connectivity index (χ3n) is 7.61. The van der Waals surface area contributed by atoms with Crippen LogP contribution in [-0.2, 0) is 20.7 Å². The Hall–Kier alpha value is -2.77. The quantitative estimate of drug-likeness (QED) is 0.483. The number of alkyl halides is 5. The Morgan fingerprint density at radius 1 is 1.19 bits per heavy atom. The van der Waals surface area contributed by atoms with E-state index in [2.05, 4.69) is 10.2 Å². The molecule has 3 fully saturated rings. The second kappa shape index (κ2) is 7.87. The molecule has 3 atom stereocenters.